The largest absolute Gasteiger partial charge is 0.395 e. The lowest BCUT2D eigenvalue weighted by Gasteiger charge is -2.49. The fourth-order valence-electron chi connectivity index (χ4n) is 6.19. The lowest BCUT2D eigenvalue weighted by atomic mass is 9.67. The number of hydrogen-bond donors (Lipinski definition) is 2. The van der Waals surface area contributed by atoms with Crippen LogP contribution in [0.3, 0.4) is 0 Å². The Hall–Kier alpha value is -3.17. The maximum Gasteiger partial charge on any atom is 0.320 e. The molecule has 1 spiro atoms. The summed E-state index contributed by atoms with van der Waals surface area (Å²) in [5.74, 6) is -0.595. The third kappa shape index (κ3) is 6.06. The highest BCUT2D eigenvalue weighted by atomic mass is 35.5. The second kappa shape index (κ2) is 12.8. The molecule has 0 aliphatic carbocycles. The minimum Gasteiger partial charge on any atom is -0.395 e. The number of carbonyl (C=O) groups is 2. The molecule has 3 aliphatic rings. The van der Waals surface area contributed by atoms with Gasteiger partial charge in [0.25, 0.3) is 0 Å². The Balaban J connectivity index is 0.000000423. The van der Waals surface area contributed by atoms with E-state index in [-0.39, 0.29) is 18.5 Å². The summed E-state index contributed by atoms with van der Waals surface area (Å²) in [6, 6.07) is 20.2. The Bertz CT molecular complexity index is 1390. The molecule has 3 aromatic carbocycles. The predicted molar refractivity (Wildman–Crippen MR) is 159 cm³/mol. The predicted octanol–water partition coefficient (Wildman–Crippen LogP) is 5.58. The van der Waals surface area contributed by atoms with Crippen molar-refractivity contribution in [1.82, 2.24) is 14.7 Å². The number of anilines is 1. The fourth-order valence-corrected chi connectivity index (χ4v) is 6.51. The number of fused-ring (bicyclic) bond motifs is 2. The van der Waals surface area contributed by atoms with E-state index in [0.29, 0.717) is 68.4 Å². The van der Waals surface area contributed by atoms with E-state index in [1.54, 1.807) is 34.1 Å². The third-order valence-corrected chi connectivity index (χ3v) is 8.55. The van der Waals surface area contributed by atoms with Crippen molar-refractivity contribution < 1.29 is 19.1 Å². The Morgan fingerprint density at radius 1 is 0.951 bits per heavy atom. The van der Waals surface area contributed by atoms with E-state index < -0.39 is 17.3 Å². The third-order valence-electron chi connectivity index (χ3n) is 8.07. The van der Waals surface area contributed by atoms with Gasteiger partial charge in [0.05, 0.1) is 12.6 Å². The summed E-state index contributed by atoms with van der Waals surface area (Å²) in [5, 5.41) is 13.5. The molecule has 0 saturated carbocycles. The zero-order valence-corrected chi connectivity index (χ0v) is 24.1. The fraction of sp³-hybridized carbons (Fsp3) is 0.355. The second-order valence-electron chi connectivity index (χ2n) is 10.5. The van der Waals surface area contributed by atoms with Gasteiger partial charge in [-0.2, -0.15) is 0 Å². The smallest absolute Gasteiger partial charge is 0.320 e. The van der Waals surface area contributed by atoms with Crippen LogP contribution in [0.5, 0.6) is 0 Å². The first-order valence-electron chi connectivity index (χ1n) is 13.8. The Labute approximate surface area is 249 Å². The summed E-state index contributed by atoms with van der Waals surface area (Å²) in [7, 11) is 0. The number of aliphatic hydroxyl groups excluding tert-OH is 1. The van der Waals surface area contributed by atoms with Gasteiger partial charge >= 0.3 is 6.03 Å². The number of urea groups is 1. The van der Waals surface area contributed by atoms with Gasteiger partial charge in [-0.15, -0.1) is 0 Å². The first-order valence-corrected chi connectivity index (χ1v) is 14.6. The van der Waals surface area contributed by atoms with Crippen molar-refractivity contribution in [1.29, 1.82) is 0 Å². The van der Waals surface area contributed by atoms with Crippen LogP contribution in [0.15, 0.2) is 72.8 Å². The van der Waals surface area contributed by atoms with Crippen molar-refractivity contribution in [3.05, 3.63) is 99.8 Å². The SMILES string of the molecule is Clc1ccccc1.O=C(N1CCN(CCO)CC1)N1CCC[C@]2(C(=O)Nc3cc(Cl)ccc32)C1c1cccc(F)c1. The summed E-state index contributed by atoms with van der Waals surface area (Å²) in [5.41, 5.74) is 1.01. The number of rotatable bonds is 3. The summed E-state index contributed by atoms with van der Waals surface area (Å²) < 4.78 is 14.4. The van der Waals surface area contributed by atoms with Gasteiger partial charge in [-0.3, -0.25) is 9.69 Å². The van der Waals surface area contributed by atoms with Gasteiger partial charge in [-0.05, 0) is 60.4 Å². The number of likely N-dealkylation sites (tertiary alicyclic amines) is 1. The van der Waals surface area contributed by atoms with Crippen molar-refractivity contribution in [3.63, 3.8) is 0 Å². The Kier molecular flexibility index (Phi) is 9.14. The van der Waals surface area contributed by atoms with Crippen molar-refractivity contribution in [2.75, 3.05) is 51.2 Å². The molecule has 7 nitrogen and oxygen atoms in total. The number of halogens is 3. The van der Waals surface area contributed by atoms with Crippen LogP contribution >= 0.6 is 23.2 Å². The van der Waals surface area contributed by atoms with Crippen LogP contribution in [0.1, 0.15) is 30.0 Å². The minimum absolute atomic E-state index is 0.0861. The highest BCUT2D eigenvalue weighted by Crippen LogP contribution is 2.54. The molecule has 2 fully saturated rings. The number of carbonyl (C=O) groups excluding carboxylic acids is 2. The van der Waals surface area contributed by atoms with E-state index in [1.165, 1.54) is 12.1 Å². The van der Waals surface area contributed by atoms with Crippen LogP contribution in [0.2, 0.25) is 10.0 Å². The number of amides is 3. The average Bonchev–Trinajstić information content (AvgIpc) is 3.23. The monoisotopic (exact) mass is 598 g/mol. The van der Waals surface area contributed by atoms with E-state index in [2.05, 4.69) is 10.2 Å². The van der Waals surface area contributed by atoms with E-state index in [4.69, 9.17) is 23.2 Å². The summed E-state index contributed by atoms with van der Waals surface area (Å²) >= 11 is 11.7. The Morgan fingerprint density at radius 2 is 1.71 bits per heavy atom. The van der Waals surface area contributed by atoms with Crippen LogP contribution in [0.4, 0.5) is 14.9 Å². The van der Waals surface area contributed by atoms with Gasteiger partial charge in [0.15, 0.2) is 0 Å². The molecule has 0 radical (unpaired) electrons. The molecule has 10 heteroatoms. The van der Waals surface area contributed by atoms with Crippen molar-refractivity contribution >= 4 is 40.8 Å². The van der Waals surface area contributed by atoms with Crippen molar-refractivity contribution in [3.8, 4) is 0 Å². The molecule has 2 saturated heterocycles. The first kappa shape index (κ1) is 29.3. The van der Waals surface area contributed by atoms with E-state index in [1.807, 2.05) is 36.4 Å². The van der Waals surface area contributed by atoms with Crippen LogP contribution in [-0.2, 0) is 10.2 Å². The second-order valence-corrected chi connectivity index (χ2v) is 11.4. The molecule has 2 atom stereocenters. The lowest BCUT2D eigenvalue weighted by molar-refractivity contribution is -0.125. The number of benzene rings is 3. The molecule has 41 heavy (non-hydrogen) atoms. The van der Waals surface area contributed by atoms with Gasteiger partial charge in [0.1, 0.15) is 11.2 Å². The molecule has 3 amide bonds. The van der Waals surface area contributed by atoms with Crippen molar-refractivity contribution in [2.45, 2.75) is 24.3 Å². The first-order chi connectivity index (χ1) is 19.8. The lowest BCUT2D eigenvalue weighted by Crippen LogP contribution is -2.59. The number of piperazine rings is 1. The number of nitrogens with zero attached hydrogens (tertiary/aromatic N) is 3. The topological polar surface area (TPSA) is 76.1 Å². The highest BCUT2D eigenvalue weighted by Gasteiger charge is 2.57. The number of β-amino-alcohol motifs (C(OH)–C–C–N with tert-alkyl or cyclic N) is 1. The maximum absolute atomic E-state index is 14.4. The normalized spacial score (nSPS) is 22.1. The molecule has 3 aromatic rings. The number of nitrogens with one attached hydrogen (secondary N) is 1. The molecule has 6 rings (SSSR count). The van der Waals surface area contributed by atoms with Crippen LogP contribution in [0, 0.1) is 5.82 Å². The van der Waals surface area contributed by atoms with Gasteiger partial charge in [-0.1, -0.05) is 59.6 Å². The average molecular weight is 600 g/mol. The summed E-state index contributed by atoms with van der Waals surface area (Å²) in [6.07, 6.45) is 1.19. The maximum atomic E-state index is 14.4. The molecule has 1 unspecified atom stereocenters. The molecular weight excluding hydrogens is 566 g/mol. The number of aliphatic hydroxyl groups is 1. The quantitative estimate of drug-likeness (QED) is 0.413. The molecule has 2 N–H and O–H groups in total. The standard InChI is InChI=1S/C25H28ClFN4O3.C6H5Cl/c26-18-5-6-20-21(16-18)28-23(33)25(20)7-2-8-31(22(25)17-3-1-4-19(27)15-17)24(34)30-11-9-29(10-12-30)13-14-32;7-6-4-2-1-3-5-6/h1,3-6,15-16,22,32H,2,7-14H2,(H,28,33);1-5H/t22?,25-;/m1./s1. The van der Waals surface area contributed by atoms with Gasteiger partial charge in [0.2, 0.25) is 5.91 Å². The molecule has 3 aliphatic heterocycles. The zero-order valence-electron chi connectivity index (χ0n) is 22.6. The van der Waals surface area contributed by atoms with Crippen LogP contribution in [-0.4, -0.2) is 77.6 Å². The van der Waals surface area contributed by atoms with E-state index >= 15 is 0 Å². The van der Waals surface area contributed by atoms with Gasteiger partial charge < -0.3 is 20.2 Å². The number of piperidine rings is 1. The minimum atomic E-state index is -1.03. The van der Waals surface area contributed by atoms with E-state index in [0.717, 1.165) is 10.6 Å². The molecule has 3 heterocycles. The summed E-state index contributed by atoms with van der Waals surface area (Å²) in [4.78, 5) is 33.1. The van der Waals surface area contributed by atoms with Gasteiger partial charge in [-0.25, -0.2) is 9.18 Å². The molecule has 0 aromatic heterocycles. The Morgan fingerprint density at radius 3 is 2.37 bits per heavy atom. The van der Waals surface area contributed by atoms with Crippen LogP contribution < -0.4 is 5.32 Å². The number of hydrogen-bond acceptors (Lipinski definition) is 4. The van der Waals surface area contributed by atoms with Crippen LogP contribution in [0.25, 0.3) is 0 Å². The molecule has 216 valence electrons. The molecular formula is C31H33Cl2FN4O3. The zero-order chi connectivity index (χ0) is 29.0. The van der Waals surface area contributed by atoms with E-state index in [9.17, 15) is 19.1 Å². The summed E-state index contributed by atoms with van der Waals surface area (Å²) in [6.45, 7) is 3.58. The van der Waals surface area contributed by atoms with Gasteiger partial charge in [0, 0.05) is 55.0 Å². The van der Waals surface area contributed by atoms with Crippen molar-refractivity contribution in [2.24, 2.45) is 0 Å². The highest BCUT2D eigenvalue weighted by molar-refractivity contribution is 6.31. The molecule has 0 bridgehead atoms.